The smallest absolute Gasteiger partial charge is 0.339 e. The molecule has 1 fully saturated rings. The summed E-state index contributed by atoms with van der Waals surface area (Å²) in [6.07, 6.45) is 7.58. The Bertz CT molecular complexity index is 440. The lowest BCUT2D eigenvalue weighted by Crippen LogP contribution is -2.18. The Morgan fingerprint density at radius 2 is 1.95 bits per heavy atom. The zero-order valence-corrected chi connectivity index (χ0v) is 12.0. The van der Waals surface area contributed by atoms with Crippen molar-refractivity contribution in [1.29, 1.82) is 0 Å². The molecule has 0 atom stereocenters. The van der Waals surface area contributed by atoms with Crippen LogP contribution in [0.3, 0.4) is 0 Å². The summed E-state index contributed by atoms with van der Waals surface area (Å²) in [6.45, 7) is 0. The van der Waals surface area contributed by atoms with Gasteiger partial charge in [-0.15, -0.1) is 0 Å². The van der Waals surface area contributed by atoms with Crippen molar-refractivity contribution in [3.63, 3.8) is 0 Å². The zero-order chi connectivity index (χ0) is 13.7. The topological polar surface area (TPSA) is 38.3 Å². The van der Waals surface area contributed by atoms with Gasteiger partial charge < -0.3 is 10.1 Å². The second kappa shape index (κ2) is 6.80. The lowest BCUT2D eigenvalue weighted by Gasteiger charge is -2.18. The highest BCUT2D eigenvalue weighted by molar-refractivity contribution is 6.33. The predicted molar refractivity (Wildman–Crippen MR) is 77.9 cm³/mol. The van der Waals surface area contributed by atoms with Crippen LogP contribution in [0.4, 0.5) is 5.69 Å². The first-order valence-corrected chi connectivity index (χ1v) is 7.23. The third-order valence-corrected chi connectivity index (χ3v) is 3.93. The van der Waals surface area contributed by atoms with Gasteiger partial charge in [0.15, 0.2) is 0 Å². The van der Waals surface area contributed by atoms with E-state index in [1.165, 1.54) is 45.6 Å². The fourth-order valence-electron chi connectivity index (χ4n) is 2.54. The lowest BCUT2D eigenvalue weighted by molar-refractivity contribution is 0.0601. The number of methoxy groups -OCH3 is 1. The van der Waals surface area contributed by atoms with Crippen LogP contribution < -0.4 is 5.32 Å². The van der Waals surface area contributed by atoms with Crippen molar-refractivity contribution in [3.8, 4) is 0 Å². The van der Waals surface area contributed by atoms with Crippen LogP contribution in [-0.4, -0.2) is 19.1 Å². The average Bonchev–Trinajstić information content (AvgIpc) is 2.68. The summed E-state index contributed by atoms with van der Waals surface area (Å²) >= 11 is 6.01. The Labute approximate surface area is 119 Å². The number of halogens is 1. The molecule has 104 valence electrons. The van der Waals surface area contributed by atoms with Crippen molar-refractivity contribution < 1.29 is 9.53 Å². The summed E-state index contributed by atoms with van der Waals surface area (Å²) in [5, 5.41) is 3.93. The molecule has 3 nitrogen and oxygen atoms in total. The minimum absolute atomic E-state index is 0.394. The largest absolute Gasteiger partial charge is 0.465 e. The van der Waals surface area contributed by atoms with Gasteiger partial charge in [-0.2, -0.15) is 0 Å². The van der Waals surface area contributed by atoms with E-state index < -0.39 is 5.97 Å². The van der Waals surface area contributed by atoms with Gasteiger partial charge in [-0.3, -0.25) is 0 Å². The minimum atomic E-state index is -0.394. The maximum Gasteiger partial charge on any atom is 0.339 e. The lowest BCUT2D eigenvalue weighted by atomic mass is 10.1. The molecule has 0 aromatic heterocycles. The summed E-state index contributed by atoms with van der Waals surface area (Å²) in [4.78, 5) is 11.6. The number of anilines is 1. The van der Waals surface area contributed by atoms with Crippen molar-refractivity contribution in [1.82, 2.24) is 0 Å². The van der Waals surface area contributed by atoms with Gasteiger partial charge in [0.1, 0.15) is 0 Å². The Hall–Kier alpha value is -1.22. The highest BCUT2D eigenvalue weighted by atomic mass is 35.5. The second-order valence-corrected chi connectivity index (χ2v) is 5.43. The number of carbonyl (C=O) groups excluding carboxylic acids is 1. The zero-order valence-electron chi connectivity index (χ0n) is 11.2. The Morgan fingerprint density at radius 3 is 2.58 bits per heavy atom. The number of benzene rings is 1. The molecule has 1 aromatic carbocycles. The van der Waals surface area contributed by atoms with Gasteiger partial charge in [0.2, 0.25) is 0 Å². The summed E-state index contributed by atoms with van der Waals surface area (Å²) < 4.78 is 4.73. The van der Waals surface area contributed by atoms with E-state index >= 15 is 0 Å². The maximum absolute atomic E-state index is 11.6. The predicted octanol–water partition coefficient (Wildman–Crippen LogP) is 4.26. The number of hydrogen-bond acceptors (Lipinski definition) is 3. The molecule has 19 heavy (non-hydrogen) atoms. The Balaban J connectivity index is 2.09. The van der Waals surface area contributed by atoms with Crippen LogP contribution in [0.1, 0.15) is 48.9 Å². The second-order valence-electron chi connectivity index (χ2n) is 5.02. The third kappa shape index (κ3) is 3.87. The highest BCUT2D eigenvalue weighted by Gasteiger charge is 2.15. The van der Waals surface area contributed by atoms with Gasteiger partial charge in [-0.05, 0) is 31.0 Å². The van der Waals surface area contributed by atoms with Gasteiger partial charge >= 0.3 is 5.97 Å². The van der Waals surface area contributed by atoms with Crippen molar-refractivity contribution in [2.45, 2.75) is 44.6 Å². The maximum atomic E-state index is 11.6. The average molecular weight is 282 g/mol. The normalized spacial score (nSPS) is 16.7. The van der Waals surface area contributed by atoms with Crippen LogP contribution in [0.15, 0.2) is 18.2 Å². The van der Waals surface area contributed by atoms with E-state index in [1.807, 2.05) is 6.07 Å². The van der Waals surface area contributed by atoms with E-state index in [1.54, 1.807) is 12.1 Å². The number of hydrogen-bond donors (Lipinski definition) is 1. The van der Waals surface area contributed by atoms with Crippen molar-refractivity contribution in [2.75, 3.05) is 12.4 Å². The number of esters is 1. The number of carbonyl (C=O) groups is 1. The molecule has 0 saturated heterocycles. The van der Waals surface area contributed by atoms with Crippen LogP contribution in [0.2, 0.25) is 5.02 Å². The molecule has 0 aliphatic heterocycles. The molecule has 0 unspecified atom stereocenters. The SMILES string of the molecule is COC(=O)c1cc(NC2CCCCCC2)ccc1Cl. The van der Waals surface area contributed by atoms with Gasteiger partial charge in [-0.1, -0.05) is 37.3 Å². The van der Waals surface area contributed by atoms with E-state index in [0.717, 1.165) is 5.69 Å². The monoisotopic (exact) mass is 281 g/mol. The molecular weight excluding hydrogens is 262 g/mol. The summed E-state index contributed by atoms with van der Waals surface area (Å²) in [5.41, 5.74) is 1.36. The molecule has 1 aliphatic rings. The van der Waals surface area contributed by atoms with Crippen LogP contribution in [0.25, 0.3) is 0 Å². The molecule has 4 heteroatoms. The number of ether oxygens (including phenoxy) is 1. The molecule has 1 aliphatic carbocycles. The van der Waals surface area contributed by atoms with Crippen LogP contribution in [0, 0.1) is 0 Å². The van der Waals surface area contributed by atoms with E-state index in [2.05, 4.69) is 5.32 Å². The first-order valence-electron chi connectivity index (χ1n) is 6.85. The first kappa shape index (κ1) is 14.2. The molecule has 0 radical (unpaired) electrons. The molecule has 1 saturated carbocycles. The number of rotatable bonds is 3. The Morgan fingerprint density at radius 1 is 1.26 bits per heavy atom. The summed E-state index contributed by atoms with van der Waals surface area (Å²) in [7, 11) is 1.37. The molecule has 2 rings (SSSR count). The quantitative estimate of drug-likeness (QED) is 0.664. The fourth-order valence-corrected chi connectivity index (χ4v) is 2.74. The highest BCUT2D eigenvalue weighted by Crippen LogP contribution is 2.25. The van der Waals surface area contributed by atoms with E-state index in [0.29, 0.717) is 16.6 Å². The van der Waals surface area contributed by atoms with Gasteiger partial charge in [-0.25, -0.2) is 4.79 Å². The van der Waals surface area contributed by atoms with Gasteiger partial charge in [0.05, 0.1) is 17.7 Å². The first-order chi connectivity index (χ1) is 9.20. The van der Waals surface area contributed by atoms with Gasteiger partial charge in [0.25, 0.3) is 0 Å². The minimum Gasteiger partial charge on any atom is -0.465 e. The van der Waals surface area contributed by atoms with Crippen LogP contribution in [-0.2, 0) is 4.74 Å². The van der Waals surface area contributed by atoms with Crippen molar-refractivity contribution in [3.05, 3.63) is 28.8 Å². The summed E-state index contributed by atoms with van der Waals surface area (Å²) in [6, 6.07) is 5.93. The molecule has 0 amide bonds. The molecule has 0 heterocycles. The van der Waals surface area contributed by atoms with Crippen molar-refractivity contribution >= 4 is 23.3 Å². The van der Waals surface area contributed by atoms with Crippen LogP contribution in [0.5, 0.6) is 0 Å². The molecule has 0 spiro atoms. The van der Waals surface area contributed by atoms with E-state index in [-0.39, 0.29) is 0 Å². The molecule has 1 N–H and O–H groups in total. The Kier molecular flexibility index (Phi) is 5.08. The van der Waals surface area contributed by atoms with Crippen LogP contribution >= 0.6 is 11.6 Å². The summed E-state index contributed by atoms with van der Waals surface area (Å²) in [5.74, 6) is -0.394. The third-order valence-electron chi connectivity index (χ3n) is 3.60. The molecule has 0 bridgehead atoms. The number of nitrogens with one attached hydrogen (secondary N) is 1. The molecule has 1 aromatic rings. The van der Waals surface area contributed by atoms with Gasteiger partial charge in [0, 0.05) is 11.7 Å². The standard InChI is InChI=1S/C15H20ClNO2/c1-19-15(18)13-10-12(8-9-14(13)16)17-11-6-4-2-3-5-7-11/h8-11,17H,2-7H2,1H3. The molecular formula is C15H20ClNO2. The van der Waals surface area contributed by atoms with E-state index in [4.69, 9.17) is 16.3 Å². The van der Waals surface area contributed by atoms with E-state index in [9.17, 15) is 4.79 Å². The fraction of sp³-hybridized carbons (Fsp3) is 0.533. The van der Waals surface area contributed by atoms with Crippen molar-refractivity contribution in [2.24, 2.45) is 0 Å².